The van der Waals surface area contributed by atoms with Crippen molar-refractivity contribution in [2.45, 2.75) is 31.9 Å². The second-order valence-corrected chi connectivity index (χ2v) is 5.51. The maximum atomic E-state index is 13.2. The highest BCUT2D eigenvalue weighted by atomic mass is 19.4. The SMILES string of the molecule is NCC1CCC(C(=O)c2ccc(F)c(C(F)(F)F)c2)CC1. The highest BCUT2D eigenvalue weighted by Gasteiger charge is 2.35. The predicted octanol–water partition coefficient (Wildman–Crippen LogP) is 3.79. The molecule has 0 saturated heterocycles. The van der Waals surface area contributed by atoms with E-state index in [4.69, 9.17) is 5.73 Å². The van der Waals surface area contributed by atoms with Gasteiger partial charge >= 0.3 is 6.18 Å². The van der Waals surface area contributed by atoms with Gasteiger partial charge in [-0.3, -0.25) is 4.79 Å². The van der Waals surface area contributed by atoms with E-state index in [9.17, 15) is 22.4 Å². The predicted molar refractivity (Wildman–Crippen MR) is 70.2 cm³/mol. The van der Waals surface area contributed by atoms with Gasteiger partial charge in [0.25, 0.3) is 0 Å². The smallest absolute Gasteiger partial charge is 0.330 e. The first-order chi connectivity index (χ1) is 9.82. The summed E-state index contributed by atoms with van der Waals surface area (Å²) in [7, 11) is 0. The number of rotatable bonds is 3. The van der Waals surface area contributed by atoms with Gasteiger partial charge in [0.2, 0.25) is 0 Å². The van der Waals surface area contributed by atoms with Crippen LogP contribution >= 0.6 is 0 Å². The van der Waals surface area contributed by atoms with Crippen molar-refractivity contribution in [2.24, 2.45) is 17.6 Å². The molecule has 0 amide bonds. The largest absolute Gasteiger partial charge is 0.419 e. The Morgan fingerprint density at radius 1 is 1.19 bits per heavy atom. The van der Waals surface area contributed by atoms with Gasteiger partial charge in [0.1, 0.15) is 5.82 Å². The first-order valence-electron chi connectivity index (χ1n) is 6.94. The Morgan fingerprint density at radius 2 is 1.81 bits per heavy atom. The van der Waals surface area contributed by atoms with Crippen LogP contribution in [0.4, 0.5) is 17.6 Å². The number of hydrogen-bond donors (Lipinski definition) is 1. The van der Waals surface area contributed by atoms with E-state index in [0.717, 1.165) is 18.9 Å². The van der Waals surface area contributed by atoms with Crippen LogP contribution in [0.1, 0.15) is 41.6 Å². The Hall–Kier alpha value is -1.43. The first-order valence-corrected chi connectivity index (χ1v) is 6.94. The Bertz CT molecular complexity index is 519. The molecular formula is C15H17F4NO. The van der Waals surface area contributed by atoms with E-state index in [-0.39, 0.29) is 17.3 Å². The Morgan fingerprint density at radius 3 is 2.33 bits per heavy atom. The van der Waals surface area contributed by atoms with E-state index < -0.39 is 17.6 Å². The minimum absolute atomic E-state index is 0.0695. The van der Waals surface area contributed by atoms with Gasteiger partial charge in [-0.05, 0) is 56.3 Å². The molecule has 0 unspecified atom stereocenters. The fourth-order valence-corrected chi connectivity index (χ4v) is 2.79. The van der Waals surface area contributed by atoms with E-state index in [1.54, 1.807) is 0 Å². The number of nitrogens with two attached hydrogens (primary N) is 1. The lowest BCUT2D eigenvalue weighted by Crippen LogP contribution is -2.26. The third kappa shape index (κ3) is 3.61. The third-order valence-corrected chi connectivity index (χ3v) is 4.11. The van der Waals surface area contributed by atoms with Crippen LogP contribution in [0.15, 0.2) is 18.2 Å². The number of ketones is 1. The molecule has 21 heavy (non-hydrogen) atoms. The van der Waals surface area contributed by atoms with Crippen molar-refractivity contribution in [1.29, 1.82) is 0 Å². The van der Waals surface area contributed by atoms with Gasteiger partial charge < -0.3 is 5.73 Å². The Labute approximate surface area is 120 Å². The van der Waals surface area contributed by atoms with Gasteiger partial charge in [-0.2, -0.15) is 13.2 Å². The van der Waals surface area contributed by atoms with Crippen LogP contribution < -0.4 is 5.73 Å². The van der Waals surface area contributed by atoms with E-state index in [1.807, 2.05) is 0 Å². The summed E-state index contributed by atoms with van der Waals surface area (Å²) >= 11 is 0. The zero-order valence-electron chi connectivity index (χ0n) is 11.4. The molecule has 0 spiro atoms. The molecule has 0 aromatic heterocycles. The maximum Gasteiger partial charge on any atom is 0.419 e. The minimum Gasteiger partial charge on any atom is -0.330 e. The summed E-state index contributed by atoms with van der Waals surface area (Å²) in [6.07, 6.45) is -1.93. The molecule has 1 fully saturated rings. The first kappa shape index (κ1) is 15.9. The average Bonchev–Trinajstić information content (AvgIpc) is 2.46. The van der Waals surface area contributed by atoms with E-state index in [1.165, 1.54) is 0 Å². The topological polar surface area (TPSA) is 43.1 Å². The van der Waals surface area contributed by atoms with Crippen molar-refractivity contribution in [2.75, 3.05) is 6.54 Å². The summed E-state index contributed by atoms with van der Waals surface area (Å²) < 4.78 is 51.2. The highest BCUT2D eigenvalue weighted by Crippen LogP contribution is 2.34. The van der Waals surface area contributed by atoms with Gasteiger partial charge in [-0.15, -0.1) is 0 Å². The number of halogens is 4. The standard InChI is InChI=1S/C15H17F4NO/c16-13-6-5-11(7-12(13)15(17,18)19)14(21)10-3-1-9(8-20)2-4-10/h5-7,9-10H,1-4,8,20H2. The lowest BCUT2D eigenvalue weighted by atomic mass is 9.78. The number of carbonyl (C=O) groups excluding carboxylic acids is 1. The number of alkyl halides is 3. The molecule has 2 N–H and O–H groups in total. The molecule has 1 aromatic rings. The van der Waals surface area contributed by atoms with E-state index >= 15 is 0 Å². The molecule has 1 saturated carbocycles. The fourth-order valence-electron chi connectivity index (χ4n) is 2.79. The van der Waals surface area contributed by atoms with Crippen molar-refractivity contribution in [3.05, 3.63) is 35.1 Å². The van der Waals surface area contributed by atoms with Crippen molar-refractivity contribution < 1.29 is 22.4 Å². The normalized spacial score (nSPS) is 23.1. The molecule has 6 heteroatoms. The monoisotopic (exact) mass is 303 g/mol. The summed E-state index contributed by atoms with van der Waals surface area (Å²) in [6.45, 7) is 0.565. The number of hydrogen-bond acceptors (Lipinski definition) is 2. The molecule has 1 aliphatic carbocycles. The average molecular weight is 303 g/mol. The Balaban J connectivity index is 2.17. The fraction of sp³-hybridized carbons (Fsp3) is 0.533. The molecule has 0 bridgehead atoms. The van der Waals surface area contributed by atoms with Gasteiger partial charge in [-0.1, -0.05) is 0 Å². The molecule has 2 rings (SSSR count). The molecule has 2 nitrogen and oxygen atoms in total. The zero-order valence-corrected chi connectivity index (χ0v) is 11.4. The maximum absolute atomic E-state index is 13.2. The number of carbonyl (C=O) groups is 1. The quantitative estimate of drug-likeness (QED) is 0.682. The molecule has 1 aliphatic rings. The molecular weight excluding hydrogens is 286 g/mol. The van der Waals surface area contributed by atoms with Crippen molar-refractivity contribution in [3.8, 4) is 0 Å². The molecule has 0 radical (unpaired) electrons. The lowest BCUT2D eigenvalue weighted by molar-refractivity contribution is -0.140. The van der Waals surface area contributed by atoms with Crippen LogP contribution in [0, 0.1) is 17.7 Å². The van der Waals surface area contributed by atoms with Crippen molar-refractivity contribution in [3.63, 3.8) is 0 Å². The van der Waals surface area contributed by atoms with Gasteiger partial charge in [0.15, 0.2) is 5.78 Å². The molecule has 1 aromatic carbocycles. The summed E-state index contributed by atoms with van der Waals surface area (Å²) in [4.78, 5) is 12.3. The zero-order chi connectivity index (χ0) is 15.6. The summed E-state index contributed by atoms with van der Waals surface area (Å²) in [5.41, 5.74) is 4.11. The lowest BCUT2D eigenvalue weighted by Gasteiger charge is -2.26. The van der Waals surface area contributed by atoms with Gasteiger partial charge in [0, 0.05) is 11.5 Å². The number of Topliss-reactive ketones (excluding diaryl/α,β-unsaturated/α-hetero) is 1. The molecule has 0 heterocycles. The van der Waals surface area contributed by atoms with E-state index in [2.05, 4.69) is 0 Å². The van der Waals surface area contributed by atoms with Crippen molar-refractivity contribution in [1.82, 2.24) is 0 Å². The highest BCUT2D eigenvalue weighted by molar-refractivity contribution is 5.98. The number of benzene rings is 1. The molecule has 0 aliphatic heterocycles. The van der Waals surface area contributed by atoms with Crippen LogP contribution in [-0.4, -0.2) is 12.3 Å². The van der Waals surface area contributed by atoms with Crippen LogP contribution in [0.25, 0.3) is 0 Å². The van der Waals surface area contributed by atoms with Crippen LogP contribution in [-0.2, 0) is 6.18 Å². The third-order valence-electron chi connectivity index (χ3n) is 4.11. The minimum atomic E-state index is -4.79. The van der Waals surface area contributed by atoms with Crippen LogP contribution in [0.2, 0.25) is 0 Å². The second-order valence-electron chi connectivity index (χ2n) is 5.51. The molecule has 116 valence electrons. The molecule has 0 atom stereocenters. The summed E-state index contributed by atoms with van der Waals surface area (Å²) in [6, 6.07) is 2.45. The van der Waals surface area contributed by atoms with Crippen LogP contribution in [0.5, 0.6) is 0 Å². The van der Waals surface area contributed by atoms with Crippen LogP contribution in [0.3, 0.4) is 0 Å². The van der Waals surface area contributed by atoms with Crippen molar-refractivity contribution >= 4 is 5.78 Å². The summed E-state index contributed by atoms with van der Waals surface area (Å²) in [5.74, 6) is -1.60. The van der Waals surface area contributed by atoms with Gasteiger partial charge in [-0.25, -0.2) is 4.39 Å². The summed E-state index contributed by atoms with van der Waals surface area (Å²) in [5, 5.41) is 0. The van der Waals surface area contributed by atoms with E-state index in [0.29, 0.717) is 37.4 Å². The van der Waals surface area contributed by atoms with Gasteiger partial charge in [0.05, 0.1) is 5.56 Å². The second kappa shape index (κ2) is 6.13. The Kier molecular flexibility index (Phi) is 4.66.